The van der Waals surface area contributed by atoms with E-state index in [0.717, 1.165) is 31.3 Å². The third-order valence-corrected chi connectivity index (χ3v) is 12.5. The Morgan fingerprint density at radius 2 is 1.60 bits per heavy atom. The predicted octanol–water partition coefficient (Wildman–Crippen LogP) is 4.20. The van der Waals surface area contributed by atoms with Crippen molar-refractivity contribution in [2.45, 2.75) is 104 Å². The molecule has 0 aromatic heterocycles. The lowest BCUT2D eigenvalue weighted by Crippen LogP contribution is -2.62. The van der Waals surface area contributed by atoms with Gasteiger partial charge in [-0.3, -0.25) is 9.11 Å². The first-order chi connectivity index (χ1) is 18.4. The molecule has 10 nitrogen and oxygen atoms in total. The first kappa shape index (κ1) is 32.3. The van der Waals surface area contributed by atoms with Gasteiger partial charge in [0.2, 0.25) is 0 Å². The summed E-state index contributed by atoms with van der Waals surface area (Å²) in [7, 11) is -9.27. The lowest BCUT2D eigenvalue weighted by Gasteiger charge is -2.63. The number of aliphatic hydroxyl groups is 2. The van der Waals surface area contributed by atoms with Crippen LogP contribution >= 0.6 is 0 Å². The van der Waals surface area contributed by atoms with Gasteiger partial charge in [-0.2, -0.15) is 16.8 Å². The van der Waals surface area contributed by atoms with Crippen molar-refractivity contribution in [3.63, 3.8) is 0 Å². The van der Waals surface area contributed by atoms with E-state index in [1.165, 1.54) is 0 Å². The topological polar surface area (TPSA) is 168 Å². The molecular weight excluding hydrogens is 560 g/mol. The standard InChI is InChI=1S/C28H48O10S2/c1-16(2)17(3)6-7-18(15-37-39(31,32)33)20-10-11-21-19-8-9-22-26(30)24(38-40(34,35)36)12-13-27(22,4)25(19)23(29)14-28(20,21)5/h16,18-26,29-30H,3,6-15H2,1-2,4-5H3,(H,31,32,33)(H,34,35,36)/t18-,19-,20+,21-,22?,23?,24?,25+,26?,27-,28+/m0/s1. The van der Waals surface area contributed by atoms with Crippen molar-refractivity contribution in [1.82, 2.24) is 0 Å². The zero-order valence-electron chi connectivity index (χ0n) is 24.1. The monoisotopic (exact) mass is 608 g/mol. The van der Waals surface area contributed by atoms with Crippen molar-refractivity contribution in [2.24, 2.45) is 52.3 Å². The summed E-state index contributed by atoms with van der Waals surface area (Å²) in [6.07, 6.45) is 3.35. The lowest BCUT2D eigenvalue weighted by molar-refractivity contribution is -0.205. The highest BCUT2D eigenvalue weighted by atomic mass is 32.3. The number of hydrogen-bond donors (Lipinski definition) is 4. The Morgan fingerprint density at radius 1 is 0.950 bits per heavy atom. The van der Waals surface area contributed by atoms with Crippen LogP contribution in [-0.4, -0.2) is 61.1 Å². The zero-order valence-corrected chi connectivity index (χ0v) is 25.7. The minimum absolute atomic E-state index is 0.0716. The van der Waals surface area contributed by atoms with E-state index >= 15 is 0 Å². The molecule has 0 bridgehead atoms. The first-order valence-corrected chi connectivity index (χ1v) is 17.4. The van der Waals surface area contributed by atoms with Gasteiger partial charge in [-0.15, -0.1) is 0 Å². The van der Waals surface area contributed by atoms with Crippen LogP contribution in [-0.2, 0) is 29.2 Å². The van der Waals surface area contributed by atoms with E-state index in [4.69, 9.17) is 8.37 Å². The summed E-state index contributed by atoms with van der Waals surface area (Å²) in [5.41, 5.74) is 0.418. The number of allylic oxidation sites excluding steroid dienone is 1. The van der Waals surface area contributed by atoms with Crippen LogP contribution in [0.2, 0.25) is 0 Å². The van der Waals surface area contributed by atoms with E-state index in [-0.39, 0.29) is 48.0 Å². The normalized spacial score (nSPS) is 42.6. The molecule has 0 heterocycles. The van der Waals surface area contributed by atoms with Crippen molar-refractivity contribution in [3.8, 4) is 0 Å². The summed E-state index contributed by atoms with van der Waals surface area (Å²) in [6, 6.07) is 0. The van der Waals surface area contributed by atoms with E-state index in [9.17, 15) is 36.2 Å². The molecule has 12 heteroatoms. The van der Waals surface area contributed by atoms with Crippen LogP contribution in [0.4, 0.5) is 0 Å². The fourth-order valence-electron chi connectivity index (χ4n) is 9.74. The molecule has 0 amide bonds. The summed E-state index contributed by atoms with van der Waals surface area (Å²) in [5, 5.41) is 22.9. The number of fused-ring (bicyclic) bond motifs is 5. The van der Waals surface area contributed by atoms with Gasteiger partial charge >= 0.3 is 20.8 Å². The Hall–Kier alpha value is -0.600. The molecule has 0 spiro atoms. The van der Waals surface area contributed by atoms with Gasteiger partial charge in [0, 0.05) is 0 Å². The Kier molecular flexibility index (Phi) is 9.28. The maximum Gasteiger partial charge on any atom is 0.397 e. The van der Waals surface area contributed by atoms with Crippen LogP contribution in [0.5, 0.6) is 0 Å². The second kappa shape index (κ2) is 11.5. The van der Waals surface area contributed by atoms with Gasteiger partial charge in [0.15, 0.2) is 0 Å². The maximum atomic E-state index is 11.8. The van der Waals surface area contributed by atoms with Crippen molar-refractivity contribution in [1.29, 1.82) is 0 Å². The smallest absolute Gasteiger partial charge is 0.393 e. The van der Waals surface area contributed by atoms with Gasteiger partial charge in [0.25, 0.3) is 0 Å². The molecule has 232 valence electrons. The van der Waals surface area contributed by atoms with Gasteiger partial charge in [-0.05, 0) is 110 Å². The van der Waals surface area contributed by atoms with Crippen molar-refractivity contribution >= 4 is 20.8 Å². The fraction of sp³-hybridized carbons (Fsp3) is 0.929. The van der Waals surface area contributed by atoms with E-state index in [1.54, 1.807) is 0 Å². The second-order valence-corrected chi connectivity index (χ2v) is 16.0. The number of aliphatic hydroxyl groups excluding tert-OH is 2. The van der Waals surface area contributed by atoms with E-state index < -0.39 is 44.5 Å². The molecule has 4 fully saturated rings. The third-order valence-electron chi connectivity index (χ3n) is 11.6. The molecule has 4 unspecified atom stereocenters. The molecule has 4 aliphatic rings. The number of rotatable bonds is 10. The minimum Gasteiger partial charge on any atom is -0.393 e. The highest BCUT2D eigenvalue weighted by Crippen LogP contribution is 2.68. The van der Waals surface area contributed by atoms with Crippen LogP contribution in [0.1, 0.15) is 85.5 Å². The van der Waals surface area contributed by atoms with Gasteiger partial charge in [-0.1, -0.05) is 39.8 Å². The van der Waals surface area contributed by atoms with Gasteiger partial charge in [0.1, 0.15) is 6.10 Å². The SMILES string of the molecule is C=C(CC[C@@H](COS(=O)(=O)O)[C@H]1CC[C@H]2[C@@H]3CCC4C(O)C(OS(=O)(=O)O)CC[C@]4(C)[C@H]3C(O)C[C@]12C)C(C)C. The Balaban J connectivity index is 1.57. The predicted molar refractivity (Wildman–Crippen MR) is 149 cm³/mol. The molecule has 4 rings (SSSR count). The average molecular weight is 609 g/mol. The molecule has 11 atom stereocenters. The van der Waals surface area contributed by atoms with Crippen molar-refractivity contribution in [3.05, 3.63) is 12.2 Å². The van der Waals surface area contributed by atoms with Crippen LogP contribution in [0, 0.1) is 52.3 Å². The summed E-state index contributed by atoms with van der Waals surface area (Å²) in [4.78, 5) is 0. The molecule has 4 saturated carbocycles. The van der Waals surface area contributed by atoms with Crippen LogP contribution in [0.25, 0.3) is 0 Å². The molecule has 40 heavy (non-hydrogen) atoms. The van der Waals surface area contributed by atoms with Crippen LogP contribution in [0.3, 0.4) is 0 Å². The molecular formula is C28H48O10S2. The third kappa shape index (κ3) is 6.34. The Bertz CT molecular complexity index is 1150. The fourth-order valence-corrected chi connectivity index (χ4v) is 10.6. The second-order valence-electron chi connectivity index (χ2n) is 13.9. The largest absolute Gasteiger partial charge is 0.397 e. The summed E-state index contributed by atoms with van der Waals surface area (Å²) in [6.45, 7) is 12.5. The minimum atomic E-state index is -4.69. The summed E-state index contributed by atoms with van der Waals surface area (Å²) in [5.74, 6) is 0.453. The molecule has 0 saturated heterocycles. The lowest BCUT2D eigenvalue weighted by atomic mass is 9.43. The molecule has 0 aromatic carbocycles. The van der Waals surface area contributed by atoms with Crippen molar-refractivity contribution in [2.75, 3.05) is 6.61 Å². The number of hydrogen-bond acceptors (Lipinski definition) is 8. The van der Waals surface area contributed by atoms with Gasteiger partial charge < -0.3 is 10.2 Å². The zero-order chi connectivity index (χ0) is 29.8. The van der Waals surface area contributed by atoms with E-state index in [0.29, 0.717) is 37.5 Å². The van der Waals surface area contributed by atoms with Gasteiger partial charge in [0.05, 0.1) is 18.8 Å². The van der Waals surface area contributed by atoms with Crippen LogP contribution in [0.15, 0.2) is 12.2 Å². The van der Waals surface area contributed by atoms with E-state index in [2.05, 4.69) is 34.3 Å². The quantitative estimate of drug-likeness (QED) is 0.208. The Labute approximate surface area is 239 Å². The average Bonchev–Trinajstić information content (AvgIpc) is 3.15. The highest BCUT2D eigenvalue weighted by Gasteiger charge is 2.65. The molecule has 0 aliphatic heterocycles. The molecule has 4 aliphatic carbocycles. The molecule has 4 N–H and O–H groups in total. The maximum absolute atomic E-state index is 11.8. The molecule has 0 aromatic rings. The molecule has 0 radical (unpaired) electrons. The van der Waals surface area contributed by atoms with E-state index in [1.807, 2.05) is 0 Å². The highest BCUT2D eigenvalue weighted by molar-refractivity contribution is 7.81. The summed E-state index contributed by atoms with van der Waals surface area (Å²) < 4.78 is 74.0. The van der Waals surface area contributed by atoms with Crippen LogP contribution < -0.4 is 0 Å². The van der Waals surface area contributed by atoms with Crippen molar-refractivity contribution < 1.29 is 44.5 Å². The van der Waals surface area contributed by atoms with Gasteiger partial charge in [-0.25, -0.2) is 8.37 Å². The Morgan fingerprint density at radius 3 is 2.20 bits per heavy atom. The summed E-state index contributed by atoms with van der Waals surface area (Å²) >= 11 is 0. The first-order valence-electron chi connectivity index (χ1n) is 14.7.